The van der Waals surface area contributed by atoms with E-state index in [-0.39, 0.29) is 0 Å². The van der Waals surface area contributed by atoms with Gasteiger partial charge in [-0.2, -0.15) is 17.0 Å². The topological polar surface area (TPSA) is 61.9 Å². The quantitative estimate of drug-likeness (QED) is 0.634. The molecular formula is C14H29N3O3S. The third-order valence-electron chi connectivity index (χ3n) is 4.30. The molecule has 1 heterocycles. The minimum absolute atomic E-state index is 0.420. The average molecular weight is 319 g/mol. The summed E-state index contributed by atoms with van der Waals surface area (Å²) in [6.07, 6.45) is 5.30. The van der Waals surface area contributed by atoms with E-state index in [1.807, 2.05) is 0 Å². The summed E-state index contributed by atoms with van der Waals surface area (Å²) in [7, 11) is 0.0324. The number of nitrogens with zero attached hydrogens (tertiary/aromatic N) is 2. The van der Waals surface area contributed by atoms with Crippen molar-refractivity contribution in [2.45, 2.75) is 38.1 Å². The molecule has 2 aliphatic rings. The molecule has 2 rings (SSSR count). The molecule has 0 spiro atoms. The Bertz CT molecular complexity index is 406. The Morgan fingerprint density at radius 3 is 2.38 bits per heavy atom. The first-order valence-electron chi connectivity index (χ1n) is 7.99. The first-order valence-corrected chi connectivity index (χ1v) is 9.38. The second kappa shape index (κ2) is 7.87. The molecule has 1 saturated heterocycles. The van der Waals surface area contributed by atoms with Crippen LogP contribution in [0.25, 0.3) is 0 Å². The van der Waals surface area contributed by atoms with Crippen LogP contribution in [0.5, 0.6) is 0 Å². The van der Waals surface area contributed by atoms with Gasteiger partial charge in [0.2, 0.25) is 0 Å². The highest BCUT2D eigenvalue weighted by Gasteiger charge is 2.27. The van der Waals surface area contributed by atoms with Gasteiger partial charge in [-0.05, 0) is 44.6 Å². The van der Waals surface area contributed by atoms with Gasteiger partial charge in [-0.25, -0.2) is 0 Å². The van der Waals surface area contributed by atoms with Gasteiger partial charge in [0.15, 0.2) is 0 Å². The Labute approximate surface area is 129 Å². The fourth-order valence-corrected chi connectivity index (χ4v) is 3.87. The van der Waals surface area contributed by atoms with Gasteiger partial charge in [0.25, 0.3) is 10.2 Å². The van der Waals surface area contributed by atoms with Crippen molar-refractivity contribution < 1.29 is 13.2 Å². The van der Waals surface area contributed by atoms with Crippen LogP contribution in [0.1, 0.15) is 32.1 Å². The smallest absolute Gasteiger partial charge is 0.281 e. The van der Waals surface area contributed by atoms with Gasteiger partial charge in [-0.3, -0.25) is 0 Å². The van der Waals surface area contributed by atoms with Crippen molar-refractivity contribution in [1.82, 2.24) is 13.9 Å². The van der Waals surface area contributed by atoms with E-state index >= 15 is 0 Å². The SMILES string of the molecule is CN(CCCNC1CC1)S(=O)(=O)N(C)CC1CCOCC1. The first-order chi connectivity index (χ1) is 10.00. The molecule has 0 aromatic rings. The van der Waals surface area contributed by atoms with E-state index in [9.17, 15) is 8.42 Å². The highest BCUT2D eigenvalue weighted by molar-refractivity contribution is 7.86. The molecule has 2 fully saturated rings. The third kappa shape index (κ3) is 5.49. The molecule has 21 heavy (non-hydrogen) atoms. The van der Waals surface area contributed by atoms with Crippen LogP contribution < -0.4 is 5.32 Å². The molecule has 1 saturated carbocycles. The molecular weight excluding hydrogens is 290 g/mol. The number of ether oxygens (including phenoxy) is 1. The summed E-state index contributed by atoms with van der Waals surface area (Å²) < 4.78 is 33.2. The van der Waals surface area contributed by atoms with E-state index in [0.29, 0.717) is 25.0 Å². The zero-order chi connectivity index (χ0) is 15.3. The highest BCUT2D eigenvalue weighted by atomic mass is 32.2. The van der Waals surface area contributed by atoms with Gasteiger partial charge >= 0.3 is 0 Å². The Morgan fingerprint density at radius 2 is 1.76 bits per heavy atom. The third-order valence-corrected chi connectivity index (χ3v) is 6.21. The standard InChI is InChI=1S/C14H29N3O3S/c1-16(9-3-8-15-14-4-5-14)21(18,19)17(2)12-13-6-10-20-11-7-13/h13-15H,3-12H2,1-2H3. The summed E-state index contributed by atoms with van der Waals surface area (Å²) in [5, 5.41) is 3.41. The number of hydrogen-bond acceptors (Lipinski definition) is 4. The Morgan fingerprint density at radius 1 is 1.10 bits per heavy atom. The van der Waals surface area contributed by atoms with E-state index in [1.165, 1.54) is 21.5 Å². The predicted molar refractivity (Wildman–Crippen MR) is 83.4 cm³/mol. The summed E-state index contributed by atoms with van der Waals surface area (Å²) >= 11 is 0. The normalized spacial score (nSPS) is 21.3. The summed E-state index contributed by atoms with van der Waals surface area (Å²) in [6, 6.07) is 0.683. The predicted octanol–water partition coefficient (Wildman–Crippen LogP) is 0.664. The number of rotatable bonds is 9. The number of nitrogens with one attached hydrogen (secondary N) is 1. The Balaban J connectivity index is 1.71. The molecule has 0 aromatic heterocycles. The molecule has 1 aliphatic carbocycles. The van der Waals surface area contributed by atoms with Crippen LogP contribution in [-0.4, -0.2) is 70.0 Å². The Hall–Kier alpha value is -0.210. The molecule has 1 N–H and O–H groups in total. The molecule has 0 aromatic carbocycles. The monoisotopic (exact) mass is 319 g/mol. The van der Waals surface area contributed by atoms with Crippen LogP contribution in [-0.2, 0) is 14.9 Å². The number of hydrogen-bond donors (Lipinski definition) is 1. The van der Waals surface area contributed by atoms with Crippen LogP contribution in [0.2, 0.25) is 0 Å². The average Bonchev–Trinajstić information content (AvgIpc) is 3.28. The molecule has 0 unspecified atom stereocenters. The molecule has 7 heteroatoms. The van der Waals surface area contributed by atoms with Gasteiger partial charge in [0.1, 0.15) is 0 Å². The molecule has 0 bridgehead atoms. The largest absolute Gasteiger partial charge is 0.381 e. The van der Waals surface area contributed by atoms with Gasteiger partial charge in [-0.15, -0.1) is 0 Å². The van der Waals surface area contributed by atoms with Crippen LogP contribution in [0.4, 0.5) is 0 Å². The van der Waals surface area contributed by atoms with Gasteiger partial charge in [0, 0.05) is 46.4 Å². The van der Waals surface area contributed by atoms with Crippen molar-refractivity contribution in [2.75, 3.05) is 46.9 Å². The van der Waals surface area contributed by atoms with Crippen molar-refractivity contribution >= 4 is 10.2 Å². The second-order valence-electron chi connectivity index (χ2n) is 6.25. The maximum atomic E-state index is 12.4. The summed E-state index contributed by atoms with van der Waals surface area (Å²) in [5.74, 6) is 0.420. The van der Waals surface area contributed by atoms with Crippen molar-refractivity contribution in [3.05, 3.63) is 0 Å². The second-order valence-corrected chi connectivity index (χ2v) is 8.39. The van der Waals surface area contributed by atoms with E-state index in [4.69, 9.17) is 4.74 Å². The van der Waals surface area contributed by atoms with E-state index in [1.54, 1.807) is 14.1 Å². The van der Waals surface area contributed by atoms with E-state index in [0.717, 1.165) is 39.0 Å². The highest BCUT2D eigenvalue weighted by Crippen LogP contribution is 2.19. The van der Waals surface area contributed by atoms with E-state index in [2.05, 4.69) is 5.32 Å². The maximum absolute atomic E-state index is 12.4. The zero-order valence-electron chi connectivity index (χ0n) is 13.3. The lowest BCUT2D eigenvalue weighted by atomic mass is 10.0. The van der Waals surface area contributed by atoms with Crippen molar-refractivity contribution in [1.29, 1.82) is 0 Å². The van der Waals surface area contributed by atoms with Crippen molar-refractivity contribution in [3.63, 3.8) is 0 Å². The van der Waals surface area contributed by atoms with Crippen LogP contribution >= 0.6 is 0 Å². The molecule has 0 radical (unpaired) electrons. The van der Waals surface area contributed by atoms with Crippen LogP contribution in [0.15, 0.2) is 0 Å². The van der Waals surface area contributed by atoms with Crippen molar-refractivity contribution in [3.8, 4) is 0 Å². The summed E-state index contributed by atoms with van der Waals surface area (Å²) in [5.41, 5.74) is 0. The molecule has 0 amide bonds. The van der Waals surface area contributed by atoms with Gasteiger partial charge < -0.3 is 10.1 Å². The van der Waals surface area contributed by atoms with Gasteiger partial charge in [0.05, 0.1) is 0 Å². The lowest BCUT2D eigenvalue weighted by molar-refractivity contribution is 0.0616. The fraction of sp³-hybridized carbons (Fsp3) is 1.00. The lowest BCUT2D eigenvalue weighted by Crippen LogP contribution is -2.43. The zero-order valence-corrected chi connectivity index (χ0v) is 14.1. The molecule has 6 nitrogen and oxygen atoms in total. The lowest BCUT2D eigenvalue weighted by Gasteiger charge is -2.29. The summed E-state index contributed by atoms with van der Waals surface area (Å²) in [6.45, 7) is 3.56. The maximum Gasteiger partial charge on any atom is 0.281 e. The van der Waals surface area contributed by atoms with Crippen LogP contribution in [0, 0.1) is 5.92 Å². The molecule has 1 aliphatic heterocycles. The summed E-state index contributed by atoms with van der Waals surface area (Å²) in [4.78, 5) is 0. The minimum Gasteiger partial charge on any atom is -0.381 e. The Kier molecular flexibility index (Phi) is 6.43. The minimum atomic E-state index is -3.33. The fourth-order valence-electron chi connectivity index (χ4n) is 2.64. The first kappa shape index (κ1) is 17.1. The molecule has 0 atom stereocenters. The van der Waals surface area contributed by atoms with Crippen LogP contribution in [0.3, 0.4) is 0 Å². The van der Waals surface area contributed by atoms with E-state index < -0.39 is 10.2 Å². The van der Waals surface area contributed by atoms with Crippen molar-refractivity contribution in [2.24, 2.45) is 5.92 Å². The molecule has 124 valence electrons. The van der Waals surface area contributed by atoms with Gasteiger partial charge in [-0.1, -0.05) is 0 Å².